The minimum Gasteiger partial charge on any atom is -0.494 e. The number of carbonyl (C=O) groups is 1. The zero-order chi connectivity index (χ0) is 31.1. The second kappa shape index (κ2) is 14.4. The summed E-state index contributed by atoms with van der Waals surface area (Å²) in [5, 5.41) is 9.03. The van der Waals surface area contributed by atoms with Crippen molar-refractivity contribution in [2.75, 3.05) is 13.2 Å². The molecule has 7 nitrogen and oxygen atoms in total. The summed E-state index contributed by atoms with van der Waals surface area (Å²) in [5.41, 5.74) is 6.18. The van der Waals surface area contributed by atoms with Crippen molar-refractivity contribution in [2.45, 2.75) is 31.0 Å². The highest BCUT2D eigenvalue weighted by molar-refractivity contribution is 9.10. The number of rotatable bonds is 12. The topological polar surface area (TPSA) is 92.2 Å². The standard InChI is InChI=1S/C33H29Br2F2N3O4/c34-24-10-6-21(7-11-24)19-33(32(42)40-38-20-23-18-25(36)12-15-29(23)37)30(27-4-1-2-5-28(27)35)44-31(39-33)22-8-13-26(14-9-22)43-17-3-16-41/h1-2,4-15,18,30,38,41H,3,16-17,19-20H2,(H,40,42)/t30-,33-/m0/s1. The van der Waals surface area contributed by atoms with Crippen molar-refractivity contribution in [1.82, 2.24) is 10.9 Å². The largest absolute Gasteiger partial charge is 0.494 e. The Hall–Kier alpha value is -3.64. The van der Waals surface area contributed by atoms with Crippen LogP contribution in [0.15, 0.2) is 105 Å². The molecule has 0 radical (unpaired) electrons. The number of halogens is 4. The van der Waals surface area contributed by atoms with Crippen LogP contribution in [0, 0.1) is 11.6 Å². The molecule has 228 valence electrons. The van der Waals surface area contributed by atoms with Crippen molar-refractivity contribution < 1.29 is 28.2 Å². The van der Waals surface area contributed by atoms with Crippen molar-refractivity contribution in [3.05, 3.63) is 134 Å². The number of benzene rings is 4. The first-order valence-corrected chi connectivity index (χ1v) is 15.4. The van der Waals surface area contributed by atoms with Gasteiger partial charge in [0.25, 0.3) is 5.91 Å². The van der Waals surface area contributed by atoms with Crippen LogP contribution in [0.25, 0.3) is 0 Å². The summed E-state index contributed by atoms with van der Waals surface area (Å²) in [6.45, 7) is 0.257. The normalized spacial score (nSPS) is 17.6. The third-order valence-corrected chi connectivity index (χ3v) is 8.34. The van der Waals surface area contributed by atoms with Gasteiger partial charge in [0, 0.05) is 51.6 Å². The van der Waals surface area contributed by atoms with Crippen LogP contribution in [0.4, 0.5) is 8.78 Å². The maximum atomic E-state index is 14.3. The summed E-state index contributed by atoms with van der Waals surface area (Å²) in [7, 11) is 0. The Bertz CT molecular complexity index is 1640. The molecule has 1 heterocycles. The van der Waals surface area contributed by atoms with E-state index in [-0.39, 0.29) is 31.0 Å². The molecule has 3 N–H and O–H groups in total. The van der Waals surface area contributed by atoms with Gasteiger partial charge in [-0.05, 0) is 66.2 Å². The number of hydrogen-bond donors (Lipinski definition) is 3. The summed E-state index contributed by atoms with van der Waals surface area (Å²) >= 11 is 7.08. The lowest BCUT2D eigenvalue weighted by Crippen LogP contribution is -2.53. The maximum Gasteiger partial charge on any atom is 0.266 e. The molecule has 0 bridgehead atoms. The van der Waals surface area contributed by atoms with E-state index in [0.717, 1.165) is 32.7 Å². The Kier molecular flexibility index (Phi) is 10.4. The monoisotopic (exact) mass is 727 g/mol. The molecule has 0 saturated heterocycles. The van der Waals surface area contributed by atoms with E-state index in [1.165, 1.54) is 0 Å². The highest BCUT2D eigenvalue weighted by Crippen LogP contribution is 2.44. The molecule has 1 amide bonds. The Morgan fingerprint density at radius 3 is 2.48 bits per heavy atom. The fourth-order valence-corrected chi connectivity index (χ4v) is 5.62. The van der Waals surface area contributed by atoms with E-state index < -0.39 is 29.2 Å². The van der Waals surface area contributed by atoms with Crippen LogP contribution in [0.1, 0.15) is 34.8 Å². The second-order valence-corrected chi connectivity index (χ2v) is 11.9. The minimum absolute atomic E-state index is 0.0354. The molecule has 11 heteroatoms. The quantitative estimate of drug-likeness (QED) is 0.113. The van der Waals surface area contributed by atoms with E-state index in [1.807, 2.05) is 48.5 Å². The molecule has 0 unspecified atom stereocenters. The Morgan fingerprint density at radius 1 is 1.00 bits per heavy atom. The van der Waals surface area contributed by atoms with Gasteiger partial charge in [0.05, 0.1) is 6.61 Å². The highest BCUT2D eigenvalue weighted by Gasteiger charge is 2.54. The van der Waals surface area contributed by atoms with E-state index in [2.05, 4.69) is 42.7 Å². The van der Waals surface area contributed by atoms with Crippen LogP contribution in [0.2, 0.25) is 0 Å². The molecular weight excluding hydrogens is 700 g/mol. The van der Waals surface area contributed by atoms with E-state index >= 15 is 0 Å². The van der Waals surface area contributed by atoms with Gasteiger partial charge < -0.3 is 14.6 Å². The van der Waals surface area contributed by atoms with E-state index in [9.17, 15) is 13.6 Å². The number of carbonyl (C=O) groups excluding carboxylic acids is 1. The lowest BCUT2D eigenvalue weighted by Gasteiger charge is -2.31. The SMILES string of the molecule is O=C(NNCc1cc(F)ccc1F)[C@@]1(Cc2ccc(Br)cc2)N=C(c2ccc(OCCCO)cc2)O[C@H]1c1ccccc1Br. The summed E-state index contributed by atoms with van der Waals surface area (Å²) in [6, 6.07) is 25.3. The van der Waals surface area contributed by atoms with Gasteiger partial charge in [-0.25, -0.2) is 19.2 Å². The van der Waals surface area contributed by atoms with Crippen LogP contribution in [-0.4, -0.2) is 35.7 Å². The molecule has 44 heavy (non-hydrogen) atoms. The number of hydrogen-bond acceptors (Lipinski definition) is 6. The zero-order valence-corrected chi connectivity index (χ0v) is 26.6. The Labute approximate surface area is 270 Å². The van der Waals surface area contributed by atoms with Gasteiger partial charge in [-0.1, -0.05) is 62.2 Å². The smallest absolute Gasteiger partial charge is 0.266 e. The molecule has 0 aromatic heterocycles. The molecule has 4 aromatic carbocycles. The number of ether oxygens (including phenoxy) is 2. The van der Waals surface area contributed by atoms with Gasteiger partial charge in [0.15, 0.2) is 11.6 Å². The van der Waals surface area contributed by atoms with Crippen molar-refractivity contribution in [3.63, 3.8) is 0 Å². The van der Waals surface area contributed by atoms with Crippen LogP contribution in [0.5, 0.6) is 5.75 Å². The van der Waals surface area contributed by atoms with Gasteiger partial charge in [-0.2, -0.15) is 0 Å². The average molecular weight is 729 g/mol. The predicted molar refractivity (Wildman–Crippen MR) is 170 cm³/mol. The second-order valence-electron chi connectivity index (χ2n) is 10.2. The first kappa shape index (κ1) is 31.8. The third kappa shape index (κ3) is 7.35. The van der Waals surface area contributed by atoms with E-state index in [0.29, 0.717) is 29.9 Å². The maximum absolute atomic E-state index is 14.3. The predicted octanol–water partition coefficient (Wildman–Crippen LogP) is 6.57. The molecule has 0 aliphatic carbocycles. The number of nitrogens with one attached hydrogen (secondary N) is 2. The molecule has 4 aromatic rings. The van der Waals surface area contributed by atoms with Gasteiger partial charge >= 0.3 is 0 Å². The molecular formula is C33H29Br2F2N3O4. The summed E-state index contributed by atoms with van der Waals surface area (Å²) < 4.78 is 41.8. The van der Waals surface area contributed by atoms with Gasteiger partial charge in [-0.3, -0.25) is 10.2 Å². The summed E-state index contributed by atoms with van der Waals surface area (Å²) in [4.78, 5) is 19.2. The summed E-state index contributed by atoms with van der Waals surface area (Å²) in [6.07, 6.45) is -0.177. The lowest BCUT2D eigenvalue weighted by molar-refractivity contribution is -0.130. The first-order chi connectivity index (χ1) is 21.3. The molecule has 5 rings (SSSR count). The van der Waals surface area contributed by atoms with E-state index in [1.54, 1.807) is 24.3 Å². The van der Waals surface area contributed by atoms with Crippen molar-refractivity contribution >= 4 is 43.7 Å². The third-order valence-electron chi connectivity index (χ3n) is 7.09. The van der Waals surface area contributed by atoms with E-state index in [4.69, 9.17) is 19.6 Å². The van der Waals surface area contributed by atoms with Crippen LogP contribution >= 0.6 is 31.9 Å². The first-order valence-electron chi connectivity index (χ1n) is 13.9. The summed E-state index contributed by atoms with van der Waals surface area (Å²) in [5.74, 6) is -0.820. The number of amides is 1. The average Bonchev–Trinajstić information content (AvgIpc) is 3.41. The highest BCUT2D eigenvalue weighted by atomic mass is 79.9. The molecule has 0 saturated carbocycles. The van der Waals surface area contributed by atoms with Gasteiger partial charge in [0.2, 0.25) is 5.90 Å². The molecule has 2 atom stereocenters. The van der Waals surface area contributed by atoms with Crippen LogP contribution in [0.3, 0.4) is 0 Å². The van der Waals surface area contributed by atoms with Crippen LogP contribution < -0.4 is 15.6 Å². The Morgan fingerprint density at radius 2 is 1.75 bits per heavy atom. The minimum atomic E-state index is -1.50. The molecule has 0 fully saturated rings. The number of hydrazine groups is 1. The van der Waals surface area contributed by atoms with Crippen molar-refractivity contribution in [2.24, 2.45) is 4.99 Å². The molecule has 1 aliphatic rings. The van der Waals surface area contributed by atoms with Gasteiger partial charge in [0.1, 0.15) is 17.4 Å². The fraction of sp³-hybridized carbons (Fsp3) is 0.212. The Balaban J connectivity index is 1.52. The lowest BCUT2D eigenvalue weighted by atomic mass is 9.82. The molecule has 0 spiro atoms. The van der Waals surface area contributed by atoms with Crippen molar-refractivity contribution in [3.8, 4) is 5.75 Å². The van der Waals surface area contributed by atoms with Gasteiger partial charge in [-0.15, -0.1) is 0 Å². The zero-order valence-electron chi connectivity index (χ0n) is 23.4. The van der Waals surface area contributed by atoms with Crippen molar-refractivity contribution in [1.29, 1.82) is 0 Å². The van der Waals surface area contributed by atoms with Crippen LogP contribution in [-0.2, 0) is 22.5 Å². The number of nitrogens with zero attached hydrogens (tertiary/aromatic N) is 1. The molecule has 1 aliphatic heterocycles. The number of aliphatic hydroxyl groups excluding tert-OH is 1. The fourth-order valence-electron chi connectivity index (χ4n) is 4.87. The number of aliphatic imine (C=N–C) groups is 1. The number of aliphatic hydroxyl groups is 1.